The maximum Gasteiger partial charge on any atom is 0.304 e. The molecule has 0 aliphatic heterocycles. The molecule has 0 spiro atoms. The molecule has 2 aromatic rings. The van der Waals surface area contributed by atoms with Crippen molar-refractivity contribution in [2.45, 2.75) is 9.10 Å². The molecule has 0 aliphatic rings. The molecule has 6 nitrogen and oxygen atoms in total. The Labute approximate surface area is 125 Å². The number of nitrogens with two attached hydrogens (primary N) is 1. The fourth-order valence-corrected chi connectivity index (χ4v) is 3.43. The van der Waals surface area contributed by atoms with Crippen molar-refractivity contribution in [2.75, 3.05) is 0 Å². The third-order valence-electron chi connectivity index (χ3n) is 1.87. The van der Waals surface area contributed by atoms with Gasteiger partial charge in [0, 0.05) is 0 Å². The molecule has 10 heteroatoms. The van der Waals surface area contributed by atoms with Gasteiger partial charge in [-0.15, -0.1) is 11.3 Å². The zero-order valence-electron chi connectivity index (χ0n) is 9.80. The van der Waals surface area contributed by atoms with Crippen molar-refractivity contribution in [3.8, 4) is 0 Å². The van der Waals surface area contributed by atoms with Gasteiger partial charge in [0.25, 0.3) is 0 Å². The van der Waals surface area contributed by atoms with Gasteiger partial charge in [-0.05, 0) is 24.3 Å². The minimum atomic E-state index is -4.05. The van der Waals surface area contributed by atoms with Gasteiger partial charge in [-0.3, -0.25) is 4.55 Å². The minimum Gasteiger partial charge on any atom is -0.281 e. The van der Waals surface area contributed by atoms with Crippen LogP contribution in [0.25, 0.3) is 0 Å². The van der Waals surface area contributed by atoms with E-state index in [9.17, 15) is 16.8 Å². The number of hydrogen-bond donors (Lipinski definition) is 2. The van der Waals surface area contributed by atoms with E-state index in [1.807, 2.05) is 0 Å². The largest absolute Gasteiger partial charge is 0.304 e. The molecule has 1 aromatic heterocycles. The summed E-state index contributed by atoms with van der Waals surface area (Å²) < 4.78 is 50.6. The van der Waals surface area contributed by atoms with Crippen LogP contribution in [0.3, 0.4) is 0 Å². The highest BCUT2D eigenvalue weighted by molar-refractivity contribution is 7.89. The lowest BCUT2D eigenvalue weighted by Crippen LogP contribution is -2.11. The first-order chi connectivity index (χ1) is 9.10. The fraction of sp³-hybridized carbons (Fsp3) is 0. The van der Waals surface area contributed by atoms with Crippen LogP contribution in [0.4, 0.5) is 0 Å². The van der Waals surface area contributed by atoms with Crippen molar-refractivity contribution in [3.63, 3.8) is 0 Å². The number of rotatable bonds is 2. The molecule has 3 N–H and O–H groups in total. The van der Waals surface area contributed by atoms with E-state index in [0.717, 1.165) is 11.3 Å². The lowest BCUT2D eigenvalue weighted by molar-refractivity contribution is 0.485. The summed E-state index contributed by atoms with van der Waals surface area (Å²) in [7, 11) is -7.55. The van der Waals surface area contributed by atoms with Gasteiger partial charge < -0.3 is 0 Å². The Morgan fingerprint density at radius 2 is 1.55 bits per heavy atom. The molecule has 110 valence electrons. The monoisotopic (exact) mass is 355 g/mol. The highest BCUT2D eigenvalue weighted by atomic mass is 35.5. The molecule has 0 atom stereocenters. The molecule has 0 saturated heterocycles. The van der Waals surface area contributed by atoms with Crippen LogP contribution in [0.5, 0.6) is 0 Å². The van der Waals surface area contributed by atoms with Gasteiger partial charge in [-0.25, -0.2) is 13.6 Å². The molecule has 1 aromatic carbocycles. The number of hydrogen-bond acceptors (Lipinski definition) is 5. The van der Waals surface area contributed by atoms with Crippen LogP contribution >= 0.6 is 22.9 Å². The standard InChI is InChI=1S/C6H7NO2S.C4H3ClO3S2/c7-10(8,9)6-4-2-1-3-5-6;5-3-1-2-4(9-3)10(6,7)8/h1-5H,(H2,7,8,9);1-2H,(H,6,7,8). The van der Waals surface area contributed by atoms with E-state index in [2.05, 4.69) is 0 Å². The van der Waals surface area contributed by atoms with Crippen molar-refractivity contribution < 1.29 is 21.4 Å². The van der Waals surface area contributed by atoms with Crippen LogP contribution in [-0.2, 0) is 20.1 Å². The second-order valence-electron chi connectivity index (χ2n) is 3.39. The van der Waals surface area contributed by atoms with Crippen molar-refractivity contribution in [1.82, 2.24) is 0 Å². The Kier molecular flexibility index (Phi) is 5.68. The summed E-state index contributed by atoms with van der Waals surface area (Å²) in [5.41, 5.74) is 0. The Bertz CT molecular complexity index is 768. The average molecular weight is 356 g/mol. The van der Waals surface area contributed by atoms with E-state index in [-0.39, 0.29) is 9.10 Å². The number of thiophene rings is 1. The van der Waals surface area contributed by atoms with Gasteiger partial charge >= 0.3 is 10.1 Å². The van der Waals surface area contributed by atoms with Crippen LogP contribution in [0.15, 0.2) is 51.6 Å². The summed E-state index contributed by atoms with van der Waals surface area (Å²) in [6.07, 6.45) is 0. The highest BCUT2D eigenvalue weighted by Gasteiger charge is 2.11. The maximum atomic E-state index is 10.6. The van der Waals surface area contributed by atoms with E-state index in [1.165, 1.54) is 24.3 Å². The lowest BCUT2D eigenvalue weighted by Gasteiger charge is -1.93. The SMILES string of the molecule is NS(=O)(=O)c1ccccc1.O=S(=O)(O)c1ccc(Cl)s1. The summed E-state index contributed by atoms with van der Waals surface area (Å²) in [5, 5.41) is 4.83. The summed E-state index contributed by atoms with van der Waals surface area (Å²) in [6, 6.07) is 10.6. The average Bonchev–Trinajstić information content (AvgIpc) is 2.77. The van der Waals surface area contributed by atoms with E-state index in [0.29, 0.717) is 4.34 Å². The summed E-state index contributed by atoms with van der Waals surface area (Å²) in [5.74, 6) is 0. The Morgan fingerprint density at radius 3 is 1.80 bits per heavy atom. The molecule has 0 saturated carbocycles. The van der Waals surface area contributed by atoms with Crippen molar-refractivity contribution >= 4 is 43.1 Å². The molecule has 1 heterocycles. The molecule has 0 fully saturated rings. The molecular formula is C10H10ClNO5S3. The van der Waals surface area contributed by atoms with Crippen LogP contribution in [-0.4, -0.2) is 21.4 Å². The van der Waals surface area contributed by atoms with Gasteiger partial charge in [0.1, 0.15) is 4.21 Å². The predicted octanol–water partition coefficient (Wildman–Crippen LogP) is 1.98. The normalized spacial score (nSPS) is 11.6. The van der Waals surface area contributed by atoms with Crippen molar-refractivity contribution in [1.29, 1.82) is 0 Å². The van der Waals surface area contributed by atoms with Crippen molar-refractivity contribution in [3.05, 3.63) is 46.8 Å². The van der Waals surface area contributed by atoms with Crippen LogP contribution in [0.2, 0.25) is 4.34 Å². The molecule has 2 rings (SSSR count). The van der Waals surface area contributed by atoms with E-state index < -0.39 is 20.1 Å². The third kappa shape index (κ3) is 5.57. The molecule has 20 heavy (non-hydrogen) atoms. The molecular weight excluding hydrogens is 346 g/mol. The molecule has 0 radical (unpaired) electrons. The van der Waals surface area contributed by atoms with Gasteiger partial charge in [0.05, 0.1) is 9.23 Å². The molecule has 0 aliphatic carbocycles. The zero-order valence-corrected chi connectivity index (χ0v) is 13.0. The van der Waals surface area contributed by atoms with Crippen LogP contribution < -0.4 is 5.14 Å². The summed E-state index contributed by atoms with van der Waals surface area (Å²) in [4.78, 5) is 0.148. The Morgan fingerprint density at radius 1 is 1.00 bits per heavy atom. The van der Waals surface area contributed by atoms with Gasteiger partial charge in [0.2, 0.25) is 10.0 Å². The maximum absolute atomic E-state index is 10.6. The van der Waals surface area contributed by atoms with E-state index >= 15 is 0 Å². The lowest BCUT2D eigenvalue weighted by atomic mass is 10.4. The quantitative estimate of drug-likeness (QED) is 0.799. The first-order valence-corrected chi connectivity index (χ1v) is 9.09. The number of halogens is 1. The third-order valence-corrected chi connectivity index (χ3v) is 5.36. The molecule has 0 amide bonds. The fourth-order valence-electron chi connectivity index (χ4n) is 1.05. The topological polar surface area (TPSA) is 115 Å². The first kappa shape index (κ1) is 17.1. The molecule has 0 bridgehead atoms. The smallest absolute Gasteiger partial charge is 0.281 e. The highest BCUT2D eigenvalue weighted by Crippen LogP contribution is 2.24. The Hall–Kier alpha value is -0.970. The van der Waals surface area contributed by atoms with Crippen LogP contribution in [0.1, 0.15) is 0 Å². The summed E-state index contributed by atoms with van der Waals surface area (Å²) in [6.45, 7) is 0. The van der Waals surface area contributed by atoms with E-state index in [4.69, 9.17) is 21.3 Å². The zero-order chi connectivity index (χ0) is 15.4. The van der Waals surface area contributed by atoms with Crippen LogP contribution in [0, 0.1) is 0 Å². The number of sulfonamides is 1. The summed E-state index contributed by atoms with van der Waals surface area (Å²) >= 11 is 6.23. The second kappa shape index (κ2) is 6.66. The predicted molar refractivity (Wildman–Crippen MR) is 77.0 cm³/mol. The van der Waals surface area contributed by atoms with Gasteiger partial charge in [-0.2, -0.15) is 8.42 Å². The number of benzene rings is 1. The van der Waals surface area contributed by atoms with Crippen molar-refractivity contribution in [2.24, 2.45) is 5.14 Å². The minimum absolute atomic E-state index is 0.127. The van der Waals surface area contributed by atoms with Gasteiger partial charge in [-0.1, -0.05) is 29.8 Å². The second-order valence-corrected chi connectivity index (χ2v) is 8.32. The van der Waals surface area contributed by atoms with E-state index in [1.54, 1.807) is 18.2 Å². The molecule has 0 unspecified atom stereocenters. The number of primary sulfonamides is 1. The van der Waals surface area contributed by atoms with Gasteiger partial charge in [0.15, 0.2) is 0 Å². The first-order valence-electron chi connectivity index (χ1n) is 4.91. The Balaban J connectivity index is 0.000000200.